The number of sulfonamides is 1. The molecule has 1 saturated heterocycles. The lowest BCUT2D eigenvalue weighted by atomic mass is 9.96. The second kappa shape index (κ2) is 10.7. The minimum Gasteiger partial charge on any atom is -0.497 e. The molecule has 0 saturated carbocycles. The van der Waals surface area contributed by atoms with Gasteiger partial charge in [0.05, 0.1) is 18.2 Å². The van der Waals surface area contributed by atoms with Crippen LogP contribution in [0.1, 0.15) is 61.5 Å². The Balaban J connectivity index is 1.86. The number of hydrogen-bond acceptors (Lipinski definition) is 4. The Hall–Kier alpha value is -2.09. The molecule has 3 rings (SSSR count). The first-order valence-corrected chi connectivity index (χ1v) is 12.8. The lowest BCUT2D eigenvalue weighted by Crippen LogP contribution is -2.36. The largest absolute Gasteiger partial charge is 0.497 e. The van der Waals surface area contributed by atoms with Crippen LogP contribution in [0.25, 0.3) is 0 Å². The SMILES string of the molecule is COc1ccc([C@@H](CC(C)C)NC(=O)c2ccc(Cl)c(S(=O)(=O)N3CCCCC3)c2)cc1. The molecule has 174 valence electrons. The van der Waals surface area contributed by atoms with Crippen LogP contribution in [-0.4, -0.2) is 38.8 Å². The molecule has 0 spiro atoms. The number of carbonyl (C=O) groups excluding carboxylic acids is 1. The van der Waals surface area contributed by atoms with Gasteiger partial charge in [-0.1, -0.05) is 44.0 Å². The third-order valence-electron chi connectivity index (χ3n) is 5.66. The van der Waals surface area contributed by atoms with Crippen LogP contribution in [-0.2, 0) is 10.0 Å². The molecule has 2 aromatic rings. The van der Waals surface area contributed by atoms with Crippen molar-refractivity contribution in [1.82, 2.24) is 9.62 Å². The Morgan fingerprint density at radius 3 is 2.34 bits per heavy atom. The Labute approximate surface area is 196 Å². The minimum atomic E-state index is -3.75. The van der Waals surface area contributed by atoms with Crippen molar-refractivity contribution >= 4 is 27.5 Å². The van der Waals surface area contributed by atoms with Crippen LogP contribution in [0.15, 0.2) is 47.4 Å². The molecule has 1 fully saturated rings. The maximum atomic E-state index is 13.1. The molecule has 6 nitrogen and oxygen atoms in total. The van der Waals surface area contributed by atoms with Crippen LogP contribution >= 0.6 is 11.6 Å². The van der Waals surface area contributed by atoms with Crippen LogP contribution in [0.3, 0.4) is 0 Å². The van der Waals surface area contributed by atoms with Gasteiger partial charge in [0.2, 0.25) is 10.0 Å². The van der Waals surface area contributed by atoms with Crippen molar-refractivity contribution in [3.63, 3.8) is 0 Å². The highest BCUT2D eigenvalue weighted by Crippen LogP contribution is 2.29. The minimum absolute atomic E-state index is 0.0152. The highest BCUT2D eigenvalue weighted by atomic mass is 35.5. The van der Waals surface area contributed by atoms with Gasteiger partial charge in [-0.15, -0.1) is 0 Å². The fraction of sp³-hybridized carbons (Fsp3) is 0.458. The van der Waals surface area contributed by atoms with E-state index in [0.29, 0.717) is 19.0 Å². The van der Waals surface area contributed by atoms with Crippen molar-refractivity contribution in [2.75, 3.05) is 20.2 Å². The summed E-state index contributed by atoms with van der Waals surface area (Å²) in [6.07, 6.45) is 3.42. The van der Waals surface area contributed by atoms with Crippen LogP contribution in [0.5, 0.6) is 5.75 Å². The zero-order valence-electron chi connectivity index (χ0n) is 18.8. The van der Waals surface area contributed by atoms with Crippen molar-refractivity contribution in [2.24, 2.45) is 5.92 Å². The molecule has 0 aliphatic carbocycles. The Morgan fingerprint density at radius 1 is 1.09 bits per heavy atom. The van der Waals surface area contributed by atoms with Gasteiger partial charge in [-0.3, -0.25) is 4.79 Å². The van der Waals surface area contributed by atoms with Gasteiger partial charge in [0.15, 0.2) is 0 Å². The Bertz CT molecular complexity index is 1030. The highest BCUT2D eigenvalue weighted by Gasteiger charge is 2.29. The molecule has 1 N–H and O–H groups in total. The normalized spacial score (nSPS) is 16.0. The van der Waals surface area contributed by atoms with Gasteiger partial charge in [-0.2, -0.15) is 4.31 Å². The number of hydrogen-bond donors (Lipinski definition) is 1. The molecular weight excluding hydrogens is 448 g/mol. The molecule has 1 heterocycles. The summed E-state index contributed by atoms with van der Waals surface area (Å²) in [4.78, 5) is 13.1. The van der Waals surface area contributed by atoms with Gasteiger partial charge < -0.3 is 10.1 Å². The summed E-state index contributed by atoms with van der Waals surface area (Å²) in [5.41, 5.74) is 1.23. The van der Waals surface area contributed by atoms with E-state index in [0.717, 1.165) is 37.0 Å². The Morgan fingerprint density at radius 2 is 1.75 bits per heavy atom. The maximum Gasteiger partial charge on any atom is 0.251 e. The molecule has 1 atom stereocenters. The van der Waals surface area contributed by atoms with Gasteiger partial charge in [-0.05, 0) is 61.1 Å². The molecule has 1 aliphatic heterocycles. The predicted molar refractivity (Wildman–Crippen MR) is 127 cm³/mol. The summed E-state index contributed by atoms with van der Waals surface area (Å²) in [7, 11) is -2.14. The second-order valence-electron chi connectivity index (χ2n) is 8.54. The van der Waals surface area contributed by atoms with Gasteiger partial charge in [-0.25, -0.2) is 8.42 Å². The van der Waals surface area contributed by atoms with Crippen LogP contribution in [0.4, 0.5) is 0 Å². The topological polar surface area (TPSA) is 75.7 Å². The highest BCUT2D eigenvalue weighted by molar-refractivity contribution is 7.89. The number of amides is 1. The van der Waals surface area contributed by atoms with Crippen molar-refractivity contribution < 1.29 is 17.9 Å². The van der Waals surface area contributed by atoms with Crippen molar-refractivity contribution in [2.45, 2.75) is 50.5 Å². The summed E-state index contributed by atoms with van der Waals surface area (Å²) in [5.74, 6) is 0.759. The number of benzene rings is 2. The fourth-order valence-corrected chi connectivity index (χ4v) is 5.93. The van der Waals surface area contributed by atoms with Crippen LogP contribution < -0.4 is 10.1 Å². The number of nitrogens with one attached hydrogen (secondary N) is 1. The molecule has 0 aromatic heterocycles. The monoisotopic (exact) mass is 478 g/mol. The third-order valence-corrected chi connectivity index (χ3v) is 8.04. The maximum absolute atomic E-state index is 13.1. The molecule has 8 heteroatoms. The first kappa shape index (κ1) is 24.6. The standard InChI is InChI=1S/C24H31ClN2O4S/c1-17(2)15-22(18-7-10-20(31-3)11-8-18)26-24(28)19-9-12-21(25)23(16-19)32(29,30)27-13-5-4-6-14-27/h7-12,16-17,22H,4-6,13-15H2,1-3H3,(H,26,28)/t22-/m1/s1. The van der Waals surface area contributed by atoms with E-state index in [1.807, 2.05) is 24.3 Å². The van der Waals surface area contributed by atoms with E-state index in [4.69, 9.17) is 16.3 Å². The number of rotatable bonds is 8. The van der Waals surface area contributed by atoms with E-state index < -0.39 is 10.0 Å². The van der Waals surface area contributed by atoms with E-state index >= 15 is 0 Å². The van der Waals surface area contributed by atoms with Gasteiger partial charge in [0.1, 0.15) is 10.6 Å². The molecule has 0 unspecified atom stereocenters. The molecule has 0 radical (unpaired) electrons. The smallest absolute Gasteiger partial charge is 0.251 e. The molecular formula is C24H31ClN2O4S. The zero-order chi connectivity index (χ0) is 23.3. The van der Waals surface area contributed by atoms with E-state index in [9.17, 15) is 13.2 Å². The van der Waals surface area contributed by atoms with E-state index in [2.05, 4.69) is 19.2 Å². The number of halogens is 1. The zero-order valence-corrected chi connectivity index (χ0v) is 20.4. The summed E-state index contributed by atoms with van der Waals surface area (Å²) in [6.45, 7) is 5.13. The van der Waals surface area contributed by atoms with Crippen molar-refractivity contribution in [3.8, 4) is 5.75 Å². The lowest BCUT2D eigenvalue weighted by Gasteiger charge is -2.26. The van der Waals surface area contributed by atoms with Gasteiger partial charge in [0.25, 0.3) is 5.91 Å². The Kier molecular flexibility index (Phi) is 8.20. The summed E-state index contributed by atoms with van der Waals surface area (Å²) >= 11 is 6.25. The average molecular weight is 479 g/mol. The lowest BCUT2D eigenvalue weighted by molar-refractivity contribution is 0.0931. The van der Waals surface area contributed by atoms with Crippen LogP contribution in [0.2, 0.25) is 5.02 Å². The summed E-state index contributed by atoms with van der Waals surface area (Å²) < 4.78 is 32.9. The predicted octanol–water partition coefficient (Wildman–Crippen LogP) is 5.04. The summed E-state index contributed by atoms with van der Waals surface area (Å²) in [6, 6.07) is 11.8. The molecule has 2 aromatic carbocycles. The number of ether oxygens (including phenoxy) is 1. The number of nitrogens with zero attached hydrogens (tertiary/aromatic N) is 1. The molecule has 1 amide bonds. The summed E-state index contributed by atoms with van der Waals surface area (Å²) in [5, 5.41) is 3.19. The average Bonchev–Trinajstić information content (AvgIpc) is 2.79. The fourth-order valence-electron chi connectivity index (χ4n) is 3.91. The first-order valence-electron chi connectivity index (χ1n) is 11.0. The van der Waals surface area contributed by atoms with E-state index in [1.165, 1.54) is 16.4 Å². The van der Waals surface area contributed by atoms with Crippen molar-refractivity contribution in [3.05, 3.63) is 58.6 Å². The van der Waals surface area contributed by atoms with E-state index in [1.54, 1.807) is 13.2 Å². The quantitative estimate of drug-likeness (QED) is 0.576. The second-order valence-corrected chi connectivity index (χ2v) is 10.9. The van der Waals surface area contributed by atoms with E-state index in [-0.39, 0.29) is 27.4 Å². The van der Waals surface area contributed by atoms with Gasteiger partial charge >= 0.3 is 0 Å². The van der Waals surface area contributed by atoms with Gasteiger partial charge in [0, 0.05) is 18.7 Å². The van der Waals surface area contributed by atoms with Crippen LogP contribution in [0, 0.1) is 5.92 Å². The third kappa shape index (κ3) is 5.82. The first-order chi connectivity index (χ1) is 15.2. The molecule has 32 heavy (non-hydrogen) atoms. The number of carbonyl (C=O) groups is 1. The number of methoxy groups -OCH3 is 1. The molecule has 1 aliphatic rings. The van der Waals surface area contributed by atoms with Crippen molar-refractivity contribution in [1.29, 1.82) is 0 Å². The molecule has 0 bridgehead atoms. The number of piperidine rings is 1.